The molecule has 0 saturated heterocycles. The predicted octanol–water partition coefficient (Wildman–Crippen LogP) is 0.581. The average Bonchev–Trinajstić information content (AvgIpc) is 2.59. The molecule has 84 valence electrons. The van der Waals surface area contributed by atoms with Gasteiger partial charge in [-0.3, -0.25) is 4.79 Å². The third-order valence-corrected chi connectivity index (χ3v) is 2.77. The van der Waals surface area contributed by atoms with Gasteiger partial charge in [-0.1, -0.05) is 0 Å². The van der Waals surface area contributed by atoms with Crippen LogP contribution in [0.2, 0.25) is 0 Å². The molecule has 2 N–H and O–H groups in total. The average molecular weight is 224 g/mol. The summed E-state index contributed by atoms with van der Waals surface area (Å²) in [7, 11) is 3.08. The Labute approximate surface area is 90.5 Å². The Morgan fingerprint density at radius 1 is 1.43 bits per heavy atom. The lowest BCUT2D eigenvalue weighted by atomic mass is 10.1. The summed E-state index contributed by atoms with van der Waals surface area (Å²) >= 11 is 0. The Bertz CT molecular complexity index is 177. The molecule has 0 heterocycles. The van der Waals surface area contributed by atoms with Gasteiger partial charge in [-0.05, 0) is 25.3 Å². The summed E-state index contributed by atoms with van der Waals surface area (Å²) in [5.41, 5.74) is 5.57. The molecule has 4 nitrogen and oxygen atoms in total. The Morgan fingerprint density at radius 3 is 2.43 bits per heavy atom. The van der Waals surface area contributed by atoms with Gasteiger partial charge in [0.2, 0.25) is 0 Å². The SMILES string of the molecule is COC(=O)C1CC(CN)C(OC)C1.Cl. The molecule has 0 aromatic carbocycles. The van der Waals surface area contributed by atoms with Crippen LogP contribution in [0.15, 0.2) is 0 Å². The van der Waals surface area contributed by atoms with Gasteiger partial charge < -0.3 is 15.2 Å². The zero-order chi connectivity index (χ0) is 9.84. The zero-order valence-corrected chi connectivity index (χ0v) is 9.38. The number of carbonyl (C=O) groups is 1. The molecular formula is C9H18ClNO3. The second-order valence-electron chi connectivity index (χ2n) is 3.46. The van der Waals surface area contributed by atoms with Crippen LogP contribution in [0, 0.1) is 11.8 Å². The third-order valence-electron chi connectivity index (χ3n) is 2.77. The number of ether oxygens (including phenoxy) is 2. The monoisotopic (exact) mass is 223 g/mol. The summed E-state index contributed by atoms with van der Waals surface area (Å²) in [6.45, 7) is 0.575. The molecule has 0 bridgehead atoms. The molecule has 1 rings (SSSR count). The van der Waals surface area contributed by atoms with Crippen molar-refractivity contribution < 1.29 is 14.3 Å². The van der Waals surface area contributed by atoms with Crippen LogP contribution in [0.1, 0.15) is 12.8 Å². The lowest BCUT2D eigenvalue weighted by Gasteiger charge is -2.14. The van der Waals surface area contributed by atoms with Crippen LogP contribution >= 0.6 is 12.4 Å². The van der Waals surface area contributed by atoms with E-state index in [-0.39, 0.29) is 30.4 Å². The molecule has 3 unspecified atom stereocenters. The van der Waals surface area contributed by atoms with E-state index in [9.17, 15) is 4.79 Å². The first-order valence-electron chi connectivity index (χ1n) is 4.53. The molecule has 0 aliphatic heterocycles. The van der Waals surface area contributed by atoms with Crippen molar-refractivity contribution in [3.05, 3.63) is 0 Å². The van der Waals surface area contributed by atoms with Gasteiger partial charge in [0.1, 0.15) is 0 Å². The highest BCUT2D eigenvalue weighted by Crippen LogP contribution is 2.33. The van der Waals surface area contributed by atoms with Crippen molar-refractivity contribution in [2.24, 2.45) is 17.6 Å². The van der Waals surface area contributed by atoms with E-state index >= 15 is 0 Å². The third kappa shape index (κ3) is 2.83. The molecule has 0 aromatic heterocycles. The molecule has 1 aliphatic rings. The molecule has 0 radical (unpaired) electrons. The smallest absolute Gasteiger partial charge is 0.308 e. The van der Waals surface area contributed by atoms with Gasteiger partial charge in [-0.25, -0.2) is 0 Å². The van der Waals surface area contributed by atoms with Crippen LogP contribution in [0.3, 0.4) is 0 Å². The molecule has 0 spiro atoms. The number of carbonyl (C=O) groups excluding carboxylic acids is 1. The highest BCUT2D eigenvalue weighted by Gasteiger charge is 2.37. The Morgan fingerprint density at radius 2 is 2.07 bits per heavy atom. The van der Waals surface area contributed by atoms with Crippen LogP contribution in [0.4, 0.5) is 0 Å². The minimum atomic E-state index is -0.141. The molecule has 1 saturated carbocycles. The van der Waals surface area contributed by atoms with Crippen molar-refractivity contribution in [3.63, 3.8) is 0 Å². The number of halogens is 1. The fourth-order valence-corrected chi connectivity index (χ4v) is 1.98. The summed E-state index contributed by atoms with van der Waals surface area (Å²) in [6.07, 6.45) is 1.65. The zero-order valence-electron chi connectivity index (χ0n) is 8.56. The molecule has 1 fully saturated rings. The van der Waals surface area contributed by atoms with Gasteiger partial charge in [-0.2, -0.15) is 0 Å². The van der Waals surface area contributed by atoms with Gasteiger partial charge in [0.25, 0.3) is 0 Å². The number of rotatable bonds is 3. The number of nitrogens with two attached hydrogens (primary N) is 1. The summed E-state index contributed by atoms with van der Waals surface area (Å²) in [5, 5.41) is 0. The highest BCUT2D eigenvalue weighted by atomic mass is 35.5. The van der Waals surface area contributed by atoms with E-state index in [2.05, 4.69) is 4.74 Å². The second-order valence-corrected chi connectivity index (χ2v) is 3.46. The Balaban J connectivity index is 0.00000169. The van der Waals surface area contributed by atoms with Crippen LogP contribution in [-0.2, 0) is 14.3 Å². The fraction of sp³-hybridized carbons (Fsp3) is 0.889. The van der Waals surface area contributed by atoms with Gasteiger partial charge >= 0.3 is 5.97 Å². The van der Waals surface area contributed by atoms with Crippen LogP contribution in [-0.4, -0.2) is 32.8 Å². The highest BCUT2D eigenvalue weighted by molar-refractivity contribution is 5.85. The molecule has 3 atom stereocenters. The number of hydrogen-bond donors (Lipinski definition) is 1. The first kappa shape index (κ1) is 13.7. The van der Waals surface area contributed by atoms with Crippen molar-refractivity contribution in [1.82, 2.24) is 0 Å². The van der Waals surface area contributed by atoms with E-state index in [0.717, 1.165) is 12.8 Å². The van der Waals surface area contributed by atoms with Gasteiger partial charge in [0.05, 0.1) is 19.1 Å². The van der Waals surface area contributed by atoms with Crippen LogP contribution in [0.5, 0.6) is 0 Å². The Hall–Kier alpha value is -0.320. The molecule has 0 amide bonds. The summed E-state index contributed by atoms with van der Waals surface area (Å²) in [5.74, 6) is 0.135. The predicted molar refractivity (Wildman–Crippen MR) is 55.3 cm³/mol. The topological polar surface area (TPSA) is 61.5 Å². The Kier molecular flexibility index (Phi) is 6.08. The van der Waals surface area contributed by atoms with Crippen molar-refractivity contribution in [3.8, 4) is 0 Å². The first-order valence-corrected chi connectivity index (χ1v) is 4.53. The van der Waals surface area contributed by atoms with Crippen molar-refractivity contribution >= 4 is 18.4 Å². The molecule has 14 heavy (non-hydrogen) atoms. The first-order chi connectivity index (χ1) is 6.22. The van der Waals surface area contributed by atoms with E-state index in [1.54, 1.807) is 7.11 Å². The molecular weight excluding hydrogens is 206 g/mol. The number of methoxy groups -OCH3 is 2. The van der Waals surface area contributed by atoms with Crippen molar-refractivity contribution in [1.29, 1.82) is 0 Å². The lowest BCUT2D eigenvalue weighted by molar-refractivity contribution is -0.145. The van der Waals surface area contributed by atoms with Crippen LogP contribution < -0.4 is 5.73 Å². The largest absolute Gasteiger partial charge is 0.469 e. The van der Waals surface area contributed by atoms with Crippen molar-refractivity contribution in [2.75, 3.05) is 20.8 Å². The normalized spacial score (nSPS) is 30.9. The maximum absolute atomic E-state index is 11.2. The summed E-state index contributed by atoms with van der Waals surface area (Å²) in [6, 6.07) is 0. The minimum Gasteiger partial charge on any atom is -0.469 e. The lowest BCUT2D eigenvalue weighted by Crippen LogP contribution is -2.23. The van der Waals surface area contributed by atoms with E-state index in [1.165, 1.54) is 7.11 Å². The maximum Gasteiger partial charge on any atom is 0.308 e. The summed E-state index contributed by atoms with van der Waals surface area (Å²) in [4.78, 5) is 11.2. The number of hydrogen-bond acceptors (Lipinski definition) is 4. The van der Waals surface area contributed by atoms with E-state index in [0.29, 0.717) is 12.5 Å². The maximum atomic E-state index is 11.2. The fourth-order valence-electron chi connectivity index (χ4n) is 1.98. The van der Waals surface area contributed by atoms with Gasteiger partial charge in [-0.15, -0.1) is 12.4 Å². The molecule has 5 heteroatoms. The second kappa shape index (κ2) is 6.22. The molecule has 1 aliphatic carbocycles. The van der Waals surface area contributed by atoms with Crippen molar-refractivity contribution in [2.45, 2.75) is 18.9 Å². The van der Waals surface area contributed by atoms with Crippen LogP contribution in [0.25, 0.3) is 0 Å². The number of esters is 1. The van der Waals surface area contributed by atoms with E-state index in [4.69, 9.17) is 10.5 Å². The van der Waals surface area contributed by atoms with E-state index in [1.807, 2.05) is 0 Å². The standard InChI is InChI=1S/C9H17NO3.ClH/c1-12-8-4-6(9(11)13-2)3-7(8)5-10;/h6-8H,3-5,10H2,1-2H3;1H. The molecule has 0 aromatic rings. The summed E-state index contributed by atoms with van der Waals surface area (Å²) < 4.78 is 9.94. The minimum absolute atomic E-state index is 0. The van der Waals surface area contributed by atoms with E-state index < -0.39 is 0 Å². The van der Waals surface area contributed by atoms with Gasteiger partial charge in [0, 0.05) is 7.11 Å². The quantitative estimate of drug-likeness (QED) is 0.712. The van der Waals surface area contributed by atoms with Gasteiger partial charge in [0.15, 0.2) is 0 Å².